The van der Waals surface area contributed by atoms with Gasteiger partial charge in [0.15, 0.2) is 12.2 Å². The van der Waals surface area contributed by atoms with Crippen LogP contribution in [0.3, 0.4) is 0 Å². The van der Waals surface area contributed by atoms with Crippen LogP contribution in [-0.4, -0.2) is 96.7 Å². The molecular formula is C83H162O17P2. The summed E-state index contributed by atoms with van der Waals surface area (Å²) in [5, 5.41) is 10.7. The topological polar surface area (TPSA) is 237 Å². The summed E-state index contributed by atoms with van der Waals surface area (Å²) in [7, 11) is -9.92. The maximum atomic E-state index is 13.1. The number of carbonyl (C=O) groups excluding carboxylic acids is 4. The third-order valence-electron chi connectivity index (χ3n) is 19.5. The van der Waals surface area contributed by atoms with Gasteiger partial charge < -0.3 is 33.8 Å². The number of hydrogen-bond donors (Lipinski definition) is 3. The van der Waals surface area contributed by atoms with Gasteiger partial charge in [-0.3, -0.25) is 37.3 Å². The minimum atomic E-state index is -4.96. The van der Waals surface area contributed by atoms with Crippen molar-refractivity contribution >= 4 is 39.5 Å². The molecule has 0 aromatic heterocycles. The van der Waals surface area contributed by atoms with Gasteiger partial charge in [0.1, 0.15) is 19.3 Å². The summed E-state index contributed by atoms with van der Waals surface area (Å²) in [5.41, 5.74) is 0. The van der Waals surface area contributed by atoms with Gasteiger partial charge in [-0.2, -0.15) is 0 Å². The molecule has 0 radical (unpaired) electrons. The molecule has 0 spiro atoms. The molecule has 3 N–H and O–H groups in total. The lowest BCUT2D eigenvalue weighted by Gasteiger charge is -2.21. The van der Waals surface area contributed by atoms with Gasteiger partial charge in [-0.15, -0.1) is 0 Å². The Morgan fingerprint density at radius 3 is 0.667 bits per heavy atom. The zero-order valence-electron chi connectivity index (χ0n) is 66.8. The molecule has 0 saturated heterocycles. The number of aliphatic hydroxyl groups excluding tert-OH is 1. The molecule has 0 aliphatic carbocycles. The van der Waals surface area contributed by atoms with Gasteiger partial charge in [0.25, 0.3) is 0 Å². The predicted octanol–water partition coefficient (Wildman–Crippen LogP) is 25.2. The quantitative estimate of drug-likeness (QED) is 0.0222. The van der Waals surface area contributed by atoms with Crippen LogP contribution in [-0.2, 0) is 65.4 Å². The third-order valence-corrected chi connectivity index (χ3v) is 21.4. The Hall–Kier alpha value is -1.94. The maximum Gasteiger partial charge on any atom is 0.472 e. The summed E-state index contributed by atoms with van der Waals surface area (Å²) in [4.78, 5) is 73.1. The lowest BCUT2D eigenvalue weighted by atomic mass is 10.0. The second-order valence-corrected chi connectivity index (χ2v) is 33.3. The first-order valence-electron chi connectivity index (χ1n) is 43.1. The van der Waals surface area contributed by atoms with Crippen LogP contribution in [0.1, 0.15) is 446 Å². The summed E-state index contributed by atoms with van der Waals surface area (Å²) in [5.74, 6) is -1.36. The second kappa shape index (κ2) is 75.9. The van der Waals surface area contributed by atoms with Crippen molar-refractivity contribution < 1.29 is 80.2 Å². The van der Waals surface area contributed by atoms with E-state index < -0.39 is 97.5 Å². The summed E-state index contributed by atoms with van der Waals surface area (Å²) >= 11 is 0. The van der Waals surface area contributed by atoms with Crippen LogP contribution in [0, 0.1) is 5.92 Å². The largest absolute Gasteiger partial charge is 0.472 e. The average molecular weight is 1490 g/mol. The number of phosphoric acid groups is 2. The van der Waals surface area contributed by atoms with Crippen LogP contribution >= 0.6 is 15.6 Å². The minimum Gasteiger partial charge on any atom is -0.462 e. The molecule has 606 valence electrons. The fraction of sp³-hybridized carbons (Fsp3) is 0.952. The standard InChI is InChI=1S/C83H162O17P2/c1-6-9-12-15-18-21-24-27-29-31-32-33-35-37-40-43-48-54-59-64-69-83(88)99-78(72-93-80(85)66-61-56-51-46-41-39-36-34-30-28-25-22-19-16-13-10-7-2)74-97-101(89,90)95-70-77(84)71-96-102(91,92)98-75-79(73-94-81(86)67-62-57-52-49-44-45-50-55-60-65-76(4)5)100-82(87)68-63-58-53-47-42-38-26-23-20-17-14-11-8-3/h76-79,84H,6-75H2,1-5H3,(H,89,90)(H,91,92)/t77-,78-,79-/m1/s1. The van der Waals surface area contributed by atoms with E-state index in [2.05, 4.69) is 34.6 Å². The first-order valence-corrected chi connectivity index (χ1v) is 46.1. The van der Waals surface area contributed by atoms with Gasteiger partial charge in [-0.05, 0) is 31.6 Å². The first-order chi connectivity index (χ1) is 49.5. The number of carbonyl (C=O) groups is 4. The molecular weight excluding hydrogens is 1330 g/mol. The van der Waals surface area contributed by atoms with Crippen molar-refractivity contribution in [2.24, 2.45) is 5.92 Å². The van der Waals surface area contributed by atoms with E-state index in [1.54, 1.807) is 0 Å². The van der Waals surface area contributed by atoms with Crippen molar-refractivity contribution in [2.75, 3.05) is 39.6 Å². The molecule has 0 amide bonds. The highest BCUT2D eigenvalue weighted by molar-refractivity contribution is 7.47. The zero-order chi connectivity index (χ0) is 74.8. The van der Waals surface area contributed by atoms with Gasteiger partial charge in [0.05, 0.1) is 26.4 Å². The van der Waals surface area contributed by atoms with Gasteiger partial charge in [0, 0.05) is 25.7 Å². The van der Waals surface area contributed by atoms with Gasteiger partial charge in [0.2, 0.25) is 0 Å². The molecule has 0 saturated carbocycles. The molecule has 0 heterocycles. The number of phosphoric ester groups is 2. The van der Waals surface area contributed by atoms with Crippen molar-refractivity contribution in [3.05, 3.63) is 0 Å². The highest BCUT2D eigenvalue weighted by atomic mass is 31.2. The molecule has 0 aliphatic heterocycles. The fourth-order valence-electron chi connectivity index (χ4n) is 12.9. The van der Waals surface area contributed by atoms with E-state index in [9.17, 15) is 43.2 Å². The number of aliphatic hydroxyl groups is 1. The van der Waals surface area contributed by atoms with Crippen LogP contribution < -0.4 is 0 Å². The van der Waals surface area contributed by atoms with Crippen molar-refractivity contribution in [1.29, 1.82) is 0 Å². The Labute approximate surface area is 626 Å². The molecule has 19 heteroatoms. The maximum absolute atomic E-state index is 13.1. The Kier molecular flexibility index (Phi) is 74.4. The van der Waals surface area contributed by atoms with Crippen LogP contribution in [0.15, 0.2) is 0 Å². The van der Waals surface area contributed by atoms with Crippen molar-refractivity contribution in [2.45, 2.75) is 464 Å². The third kappa shape index (κ3) is 76.3. The predicted molar refractivity (Wildman–Crippen MR) is 418 cm³/mol. The van der Waals surface area contributed by atoms with Crippen LogP contribution in [0.2, 0.25) is 0 Å². The molecule has 2 unspecified atom stereocenters. The summed E-state index contributed by atoms with van der Waals surface area (Å²) in [6.45, 7) is 7.33. The average Bonchev–Trinajstić information content (AvgIpc) is 1.27. The van der Waals surface area contributed by atoms with E-state index in [0.717, 1.165) is 95.8 Å². The minimum absolute atomic E-state index is 0.108. The molecule has 0 aliphatic rings. The van der Waals surface area contributed by atoms with Crippen molar-refractivity contribution in [3.63, 3.8) is 0 Å². The van der Waals surface area contributed by atoms with Crippen molar-refractivity contribution in [1.82, 2.24) is 0 Å². The molecule has 0 aromatic rings. The highest BCUT2D eigenvalue weighted by Crippen LogP contribution is 2.45. The monoisotopic (exact) mass is 1490 g/mol. The summed E-state index contributed by atoms with van der Waals surface area (Å²) in [6.07, 6.45) is 68.0. The van der Waals surface area contributed by atoms with Gasteiger partial charge >= 0.3 is 39.5 Å². The Morgan fingerprint density at radius 2 is 0.451 bits per heavy atom. The molecule has 0 aromatic carbocycles. The smallest absolute Gasteiger partial charge is 0.462 e. The SMILES string of the molecule is CCCCCCCCCCCCCCCCCCCCCCC(=O)O[C@H](COC(=O)CCCCCCCCCCCCCCCCCCC)COP(=O)(O)OC[C@@H](O)COP(=O)(O)OC[C@@H](COC(=O)CCCCCCCCCCCC(C)C)OC(=O)CCCCCCCCCCCCCCC. The van der Waals surface area contributed by atoms with E-state index in [4.69, 9.17) is 37.0 Å². The summed E-state index contributed by atoms with van der Waals surface area (Å²) < 4.78 is 68.8. The van der Waals surface area contributed by atoms with Crippen LogP contribution in [0.5, 0.6) is 0 Å². The normalized spacial score (nSPS) is 13.8. The van der Waals surface area contributed by atoms with E-state index >= 15 is 0 Å². The molecule has 0 fully saturated rings. The van der Waals surface area contributed by atoms with E-state index in [0.29, 0.717) is 25.7 Å². The Balaban J connectivity index is 5.24. The van der Waals surface area contributed by atoms with E-state index in [-0.39, 0.29) is 25.7 Å². The van der Waals surface area contributed by atoms with Gasteiger partial charge in [-0.1, -0.05) is 394 Å². The first kappa shape index (κ1) is 100. The lowest BCUT2D eigenvalue weighted by molar-refractivity contribution is -0.161. The molecule has 5 atom stereocenters. The zero-order valence-corrected chi connectivity index (χ0v) is 68.5. The Bertz CT molecular complexity index is 1940. The van der Waals surface area contributed by atoms with Crippen molar-refractivity contribution in [3.8, 4) is 0 Å². The lowest BCUT2D eigenvalue weighted by Crippen LogP contribution is -2.30. The van der Waals surface area contributed by atoms with Crippen LogP contribution in [0.4, 0.5) is 0 Å². The fourth-order valence-corrected chi connectivity index (χ4v) is 14.5. The number of hydrogen-bond acceptors (Lipinski definition) is 15. The molecule has 0 rings (SSSR count). The second-order valence-electron chi connectivity index (χ2n) is 30.3. The highest BCUT2D eigenvalue weighted by Gasteiger charge is 2.30. The summed E-state index contributed by atoms with van der Waals surface area (Å²) in [6, 6.07) is 0. The number of esters is 4. The Morgan fingerprint density at radius 1 is 0.265 bits per heavy atom. The number of rotatable bonds is 83. The molecule has 17 nitrogen and oxygen atoms in total. The van der Waals surface area contributed by atoms with Crippen LogP contribution in [0.25, 0.3) is 0 Å². The van der Waals surface area contributed by atoms with E-state index in [1.165, 1.54) is 270 Å². The molecule has 0 bridgehead atoms. The number of ether oxygens (including phenoxy) is 4. The van der Waals surface area contributed by atoms with E-state index in [1.807, 2.05) is 0 Å². The van der Waals surface area contributed by atoms with Gasteiger partial charge in [-0.25, -0.2) is 9.13 Å². The number of unbranched alkanes of at least 4 members (excludes halogenated alkanes) is 55. The molecule has 102 heavy (non-hydrogen) atoms.